The minimum absolute atomic E-state index is 0.0752. The van der Waals surface area contributed by atoms with Crippen molar-refractivity contribution in [2.75, 3.05) is 26.9 Å². The third-order valence-corrected chi connectivity index (χ3v) is 13.0. The molecule has 0 heterocycles. The first-order valence-corrected chi connectivity index (χ1v) is 17.2. The quantitative estimate of drug-likeness (QED) is 0.0890. The number of carbonyl (C=O) groups is 1. The first kappa shape index (κ1) is 31.1. The number of benzene rings is 4. The summed E-state index contributed by atoms with van der Waals surface area (Å²) in [6.07, 6.45) is 11.5. The van der Waals surface area contributed by atoms with Gasteiger partial charge in [0.15, 0.2) is 11.5 Å². The second kappa shape index (κ2) is 16.5. The van der Waals surface area contributed by atoms with E-state index in [1.165, 1.54) is 47.8 Å². The molecular formula is C37H44NO3P. The van der Waals surface area contributed by atoms with Gasteiger partial charge in [0.05, 0.1) is 14.2 Å². The summed E-state index contributed by atoms with van der Waals surface area (Å²) in [5.41, 5.74) is 0.890. The molecule has 42 heavy (non-hydrogen) atoms. The molecule has 0 saturated carbocycles. The molecule has 5 heteroatoms. The van der Waals surface area contributed by atoms with Crippen molar-refractivity contribution < 1.29 is 14.3 Å². The monoisotopic (exact) mass is 581 g/mol. The predicted octanol–water partition coefficient (Wildman–Crippen LogP) is 6.90. The van der Waals surface area contributed by atoms with Gasteiger partial charge in [-0.1, -0.05) is 6.07 Å². The molecule has 1 N–H and O–H groups in total. The molecule has 4 aromatic carbocycles. The maximum absolute atomic E-state index is 12.3. The molecule has 0 aliphatic carbocycles. The summed E-state index contributed by atoms with van der Waals surface area (Å²) in [6, 6.07) is 39.1. The first-order chi connectivity index (χ1) is 20.7. The van der Waals surface area contributed by atoms with E-state index in [2.05, 4.69) is 96.3 Å². The van der Waals surface area contributed by atoms with Gasteiger partial charge in [-0.3, -0.25) is 0 Å². The van der Waals surface area contributed by atoms with Crippen molar-refractivity contribution in [2.45, 2.75) is 38.5 Å². The van der Waals surface area contributed by atoms with Crippen LogP contribution in [-0.4, -0.2) is 32.8 Å². The first-order valence-electron chi connectivity index (χ1n) is 15.0. The van der Waals surface area contributed by atoms with E-state index in [4.69, 9.17) is 9.47 Å². The Morgan fingerprint density at radius 3 is 1.67 bits per heavy atom. The van der Waals surface area contributed by atoms with Crippen LogP contribution in [0.15, 0.2) is 115 Å². The molecule has 4 rings (SSSR count). The Kier molecular flexibility index (Phi) is 12.2. The Morgan fingerprint density at radius 1 is 0.643 bits per heavy atom. The largest absolute Gasteiger partial charge is 0.493 e. The van der Waals surface area contributed by atoms with Gasteiger partial charge >= 0.3 is 194 Å². The van der Waals surface area contributed by atoms with Crippen LogP contribution in [0.2, 0.25) is 0 Å². The van der Waals surface area contributed by atoms with Crippen molar-refractivity contribution in [2.24, 2.45) is 0 Å². The maximum atomic E-state index is 12.3. The van der Waals surface area contributed by atoms with E-state index < -0.39 is 7.26 Å². The molecule has 0 aromatic heterocycles. The summed E-state index contributed by atoms with van der Waals surface area (Å²) in [6.45, 7) is 0.696. The van der Waals surface area contributed by atoms with Gasteiger partial charge in [-0.05, 0) is 17.7 Å². The van der Waals surface area contributed by atoms with Crippen LogP contribution in [0.3, 0.4) is 0 Å². The van der Waals surface area contributed by atoms with Gasteiger partial charge in [0.2, 0.25) is 0 Å². The van der Waals surface area contributed by atoms with E-state index in [0.29, 0.717) is 18.0 Å². The molecule has 0 unspecified atom stereocenters. The second-order valence-corrected chi connectivity index (χ2v) is 14.7. The number of nitrogens with one attached hydrogen (secondary N) is 1. The van der Waals surface area contributed by atoms with E-state index in [1.54, 1.807) is 26.4 Å². The zero-order valence-corrected chi connectivity index (χ0v) is 25.9. The summed E-state index contributed by atoms with van der Waals surface area (Å²) >= 11 is 0. The Morgan fingerprint density at radius 2 is 1.14 bits per heavy atom. The van der Waals surface area contributed by atoms with Crippen molar-refractivity contribution in [3.8, 4) is 11.5 Å². The average Bonchev–Trinajstić information content (AvgIpc) is 3.06. The van der Waals surface area contributed by atoms with Crippen LogP contribution in [0, 0.1) is 0 Å². The number of ether oxygens (including phenoxy) is 2. The fourth-order valence-corrected chi connectivity index (χ4v) is 10.7. The van der Waals surface area contributed by atoms with Gasteiger partial charge in [-0.25, -0.2) is 0 Å². The van der Waals surface area contributed by atoms with Crippen LogP contribution < -0.4 is 30.7 Å². The van der Waals surface area contributed by atoms with E-state index in [0.717, 1.165) is 18.4 Å². The Labute approximate surface area is 252 Å². The van der Waals surface area contributed by atoms with E-state index in [9.17, 15) is 4.79 Å². The van der Waals surface area contributed by atoms with Crippen molar-refractivity contribution in [3.63, 3.8) is 0 Å². The minimum atomic E-state index is -2.13. The van der Waals surface area contributed by atoms with Crippen molar-refractivity contribution in [1.82, 2.24) is 5.32 Å². The van der Waals surface area contributed by atoms with Crippen molar-refractivity contribution in [3.05, 3.63) is 121 Å². The van der Waals surface area contributed by atoms with E-state index in [1.807, 2.05) is 18.2 Å². The minimum Gasteiger partial charge on any atom is -0.493 e. The summed E-state index contributed by atoms with van der Waals surface area (Å²) in [7, 11) is 1.08. The SMILES string of the molecule is COc1ccc(/C=C/C(=O)NCCCCCCCC[PH](c2ccccc2)(c2ccccc2)c2ccccc2)cc1OC. The molecule has 0 bridgehead atoms. The third kappa shape index (κ3) is 8.33. The van der Waals surface area contributed by atoms with Gasteiger partial charge in [0.1, 0.15) is 0 Å². The second-order valence-electron chi connectivity index (χ2n) is 10.6. The van der Waals surface area contributed by atoms with Crippen LogP contribution in [0.4, 0.5) is 0 Å². The number of carbonyl (C=O) groups excluding carboxylic acids is 1. The number of unbranched alkanes of at least 4 members (excludes halogenated alkanes) is 5. The molecule has 0 fully saturated rings. The molecule has 0 aliphatic heterocycles. The zero-order chi connectivity index (χ0) is 29.5. The Balaban J connectivity index is 1.23. The molecule has 0 saturated heterocycles. The van der Waals surface area contributed by atoms with Gasteiger partial charge in [-0.15, -0.1) is 0 Å². The molecule has 4 nitrogen and oxygen atoms in total. The molecular weight excluding hydrogens is 537 g/mol. The third-order valence-electron chi connectivity index (χ3n) is 7.91. The predicted molar refractivity (Wildman–Crippen MR) is 181 cm³/mol. The van der Waals surface area contributed by atoms with Crippen LogP contribution in [0.1, 0.15) is 44.1 Å². The number of methoxy groups -OCH3 is 2. The number of hydrogen-bond donors (Lipinski definition) is 1. The Hall–Kier alpha value is -3.88. The normalized spacial score (nSPS) is 11.8. The summed E-state index contributed by atoms with van der Waals surface area (Å²) in [4.78, 5) is 12.3. The molecule has 220 valence electrons. The van der Waals surface area contributed by atoms with Crippen LogP contribution in [0.25, 0.3) is 6.08 Å². The molecule has 0 spiro atoms. The fraction of sp³-hybridized carbons (Fsp3) is 0.270. The molecule has 1 amide bonds. The fourth-order valence-electron chi connectivity index (χ4n) is 5.72. The van der Waals surface area contributed by atoms with E-state index >= 15 is 0 Å². The van der Waals surface area contributed by atoms with Gasteiger partial charge < -0.3 is 9.47 Å². The summed E-state index contributed by atoms with van der Waals surface area (Å²) in [5.74, 6) is 1.24. The van der Waals surface area contributed by atoms with E-state index in [-0.39, 0.29) is 5.91 Å². The number of rotatable bonds is 16. The molecule has 0 aliphatic rings. The van der Waals surface area contributed by atoms with Crippen LogP contribution >= 0.6 is 7.26 Å². The van der Waals surface area contributed by atoms with Crippen molar-refractivity contribution >= 4 is 35.2 Å². The van der Waals surface area contributed by atoms with Crippen LogP contribution in [-0.2, 0) is 4.79 Å². The van der Waals surface area contributed by atoms with Crippen molar-refractivity contribution in [1.29, 1.82) is 0 Å². The average molecular weight is 582 g/mol. The standard InChI is InChI=1S/C37H44NO3P/c1-40-35-26-24-31(30-36(35)41-2)25-27-37(39)38-28-16-5-3-4-6-17-29-42(32-18-10-7-11-19-32,33-20-12-8-13-21-33)34-22-14-9-15-23-34/h7-15,18-27,30,42H,3-6,16-17,28-29H2,1-2H3,(H,38,39)/b27-25+. The zero-order valence-electron chi connectivity index (χ0n) is 24.9. The topological polar surface area (TPSA) is 47.6 Å². The van der Waals surface area contributed by atoms with Gasteiger partial charge in [0, 0.05) is 0 Å². The molecule has 4 aromatic rings. The smallest absolute Gasteiger partial charge is 0.161 e. The van der Waals surface area contributed by atoms with Gasteiger partial charge in [-0.2, -0.15) is 0 Å². The molecule has 0 atom stereocenters. The number of amides is 1. The maximum Gasteiger partial charge on any atom is 0.161 e. The summed E-state index contributed by atoms with van der Waals surface area (Å²) in [5, 5.41) is 7.46. The molecule has 0 radical (unpaired) electrons. The Bertz CT molecular complexity index is 1290. The number of hydrogen-bond acceptors (Lipinski definition) is 3. The van der Waals surface area contributed by atoms with Crippen LogP contribution in [0.5, 0.6) is 11.5 Å². The summed E-state index contributed by atoms with van der Waals surface area (Å²) < 4.78 is 10.6. The van der Waals surface area contributed by atoms with Gasteiger partial charge in [0.25, 0.3) is 0 Å².